The van der Waals surface area contributed by atoms with E-state index in [-0.39, 0.29) is 17.4 Å². The van der Waals surface area contributed by atoms with Gasteiger partial charge in [-0.25, -0.2) is 8.42 Å². The van der Waals surface area contributed by atoms with Gasteiger partial charge in [-0.15, -0.1) is 0 Å². The van der Waals surface area contributed by atoms with E-state index in [0.29, 0.717) is 37.2 Å². The minimum atomic E-state index is -3.50. The Hall–Kier alpha value is -1.70. The lowest BCUT2D eigenvalue weighted by Crippen LogP contribution is -2.50. The Bertz CT molecular complexity index is 891. The largest absolute Gasteiger partial charge is 0.383 e. The number of fused-ring (bicyclic) bond motifs is 2. The van der Waals surface area contributed by atoms with Gasteiger partial charge in [0, 0.05) is 19.1 Å². The highest BCUT2D eigenvalue weighted by molar-refractivity contribution is 7.89. The summed E-state index contributed by atoms with van der Waals surface area (Å²) < 4.78 is 27.1. The van der Waals surface area contributed by atoms with Crippen LogP contribution in [0.25, 0.3) is 0 Å². The fraction of sp³-hybridized carbons (Fsp3) is 0.591. The molecule has 1 aliphatic heterocycles. The van der Waals surface area contributed by atoms with Gasteiger partial charge in [0.15, 0.2) is 0 Å². The summed E-state index contributed by atoms with van der Waals surface area (Å²) in [7, 11) is -3.50. The van der Waals surface area contributed by atoms with E-state index in [2.05, 4.69) is 11.4 Å². The Morgan fingerprint density at radius 3 is 2.48 bits per heavy atom. The van der Waals surface area contributed by atoms with Crippen molar-refractivity contribution >= 4 is 15.9 Å². The first-order chi connectivity index (χ1) is 13.8. The predicted octanol–water partition coefficient (Wildman–Crippen LogP) is 2.52. The number of benzene rings is 1. The minimum absolute atomic E-state index is 0.0951. The molecule has 2 fully saturated rings. The topological polar surface area (TPSA) is 86.7 Å². The lowest BCUT2D eigenvalue weighted by molar-refractivity contribution is -0.132. The molecule has 2 N–H and O–H groups in total. The third kappa shape index (κ3) is 4.27. The number of sulfonamides is 1. The lowest BCUT2D eigenvalue weighted by atomic mass is 9.57. The van der Waals surface area contributed by atoms with E-state index >= 15 is 0 Å². The molecular weight excluding hydrogens is 388 g/mol. The molecule has 1 saturated heterocycles. The Labute approximate surface area is 173 Å². The van der Waals surface area contributed by atoms with Gasteiger partial charge in [-0.1, -0.05) is 29.3 Å². The molecule has 1 aromatic rings. The number of aliphatic hydroxyl groups is 1. The summed E-state index contributed by atoms with van der Waals surface area (Å²) in [4.78, 5) is 12.8. The van der Waals surface area contributed by atoms with Crippen molar-refractivity contribution in [3.8, 4) is 0 Å². The summed E-state index contributed by atoms with van der Waals surface area (Å²) in [6.45, 7) is 2.66. The summed E-state index contributed by atoms with van der Waals surface area (Å²) >= 11 is 0. The van der Waals surface area contributed by atoms with E-state index in [1.807, 2.05) is 6.92 Å². The van der Waals surface area contributed by atoms with Crippen LogP contribution in [-0.2, 0) is 14.8 Å². The summed E-state index contributed by atoms with van der Waals surface area (Å²) in [5.41, 5.74) is 2.60. The van der Waals surface area contributed by atoms with E-state index in [4.69, 9.17) is 0 Å². The molecular formula is C22H30N2O4S. The zero-order valence-corrected chi connectivity index (χ0v) is 17.7. The van der Waals surface area contributed by atoms with Gasteiger partial charge in [-0.05, 0) is 69.4 Å². The van der Waals surface area contributed by atoms with E-state index in [1.165, 1.54) is 9.88 Å². The molecule has 1 saturated carbocycles. The van der Waals surface area contributed by atoms with Crippen LogP contribution in [0.5, 0.6) is 0 Å². The molecule has 6 nitrogen and oxygen atoms in total. The minimum Gasteiger partial charge on any atom is -0.383 e. The highest BCUT2D eigenvalue weighted by atomic mass is 32.2. The van der Waals surface area contributed by atoms with Crippen LogP contribution in [-0.4, -0.2) is 49.0 Å². The molecule has 2 bridgehead atoms. The van der Waals surface area contributed by atoms with Crippen molar-refractivity contribution in [2.24, 2.45) is 5.41 Å². The van der Waals surface area contributed by atoms with Gasteiger partial charge in [0.1, 0.15) is 6.10 Å². The highest BCUT2D eigenvalue weighted by Gasteiger charge is 2.44. The average molecular weight is 419 g/mol. The maximum absolute atomic E-state index is 12.8. The number of aryl methyl sites for hydroxylation is 1. The number of nitrogens with zero attached hydrogens (tertiary/aromatic N) is 1. The number of carbonyl (C=O) groups excluding carboxylic acids is 1. The first kappa shape index (κ1) is 20.6. The summed E-state index contributed by atoms with van der Waals surface area (Å²) in [5, 5.41) is 13.3. The van der Waals surface area contributed by atoms with Gasteiger partial charge in [-0.2, -0.15) is 4.31 Å². The van der Waals surface area contributed by atoms with Crippen molar-refractivity contribution in [1.29, 1.82) is 0 Å². The Kier molecular flexibility index (Phi) is 5.57. The van der Waals surface area contributed by atoms with Gasteiger partial charge in [0.05, 0.1) is 4.90 Å². The maximum Gasteiger partial charge on any atom is 0.249 e. The molecule has 5 rings (SSSR count). The van der Waals surface area contributed by atoms with E-state index < -0.39 is 16.1 Å². The van der Waals surface area contributed by atoms with Crippen LogP contribution in [0.2, 0.25) is 0 Å². The molecule has 1 unspecified atom stereocenters. The quantitative estimate of drug-likeness (QED) is 0.695. The number of rotatable bonds is 6. The van der Waals surface area contributed by atoms with Crippen LogP contribution >= 0.6 is 0 Å². The van der Waals surface area contributed by atoms with E-state index in [9.17, 15) is 18.3 Å². The number of amides is 1. The summed E-state index contributed by atoms with van der Waals surface area (Å²) in [6.07, 6.45) is 7.09. The summed E-state index contributed by atoms with van der Waals surface area (Å²) in [6, 6.07) is 6.78. The number of piperidine rings is 1. The van der Waals surface area contributed by atoms with Crippen LogP contribution in [0.3, 0.4) is 0 Å². The molecule has 158 valence electrons. The Morgan fingerprint density at radius 1 is 1.24 bits per heavy atom. The van der Waals surface area contributed by atoms with E-state index in [0.717, 1.165) is 31.2 Å². The molecule has 1 amide bonds. The van der Waals surface area contributed by atoms with Crippen molar-refractivity contribution in [1.82, 2.24) is 9.62 Å². The van der Waals surface area contributed by atoms with Gasteiger partial charge in [0.25, 0.3) is 0 Å². The fourth-order valence-corrected chi connectivity index (χ4v) is 6.43. The van der Waals surface area contributed by atoms with Crippen LogP contribution in [0, 0.1) is 12.3 Å². The number of hydrogen-bond donors (Lipinski definition) is 2. The van der Waals surface area contributed by atoms with E-state index in [1.54, 1.807) is 24.3 Å². The van der Waals surface area contributed by atoms with Gasteiger partial charge in [-0.3, -0.25) is 4.79 Å². The Balaban J connectivity index is 1.28. The third-order valence-corrected chi connectivity index (χ3v) is 8.61. The molecule has 1 heterocycles. The normalized spacial score (nSPS) is 23.0. The zero-order chi connectivity index (χ0) is 20.6. The number of carbonyl (C=O) groups is 1. The second kappa shape index (κ2) is 7.85. The molecule has 7 heteroatoms. The van der Waals surface area contributed by atoms with Crippen molar-refractivity contribution < 1.29 is 18.3 Å². The van der Waals surface area contributed by atoms with Crippen molar-refractivity contribution in [3.63, 3.8) is 0 Å². The van der Waals surface area contributed by atoms with Gasteiger partial charge in [0.2, 0.25) is 15.9 Å². The number of allylic oxidation sites excluding steroid dienone is 2. The molecule has 0 radical (unpaired) electrons. The number of hydrogen-bond acceptors (Lipinski definition) is 4. The fourth-order valence-electron chi connectivity index (χ4n) is 4.96. The molecule has 1 aromatic carbocycles. The molecule has 1 atom stereocenters. The molecule has 29 heavy (non-hydrogen) atoms. The smallest absolute Gasteiger partial charge is 0.249 e. The number of nitrogens with one attached hydrogen (secondary N) is 1. The monoisotopic (exact) mass is 418 g/mol. The standard InChI is InChI=1S/C22H30N2O4S/c1-16-4-6-19(7-5-16)29(27,28)24-11-8-18(9-12-24)23-21(26)20(25)15-22-10-2-3-17(13-22)14-22/h3-7,18,20,25H,2,8-15H2,1H3,(H,23,26). The van der Waals surface area contributed by atoms with Crippen LogP contribution in [0.1, 0.15) is 50.5 Å². The highest BCUT2D eigenvalue weighted by Crippen LogP contribution is 2.55. The van der Waals surface area contributed by atoms with Crippen molar-refractivity contribution in [2.75, 3.05) is 13.1 Å². The third-order valence-electron chi connectivity index (χ3n) is 6.70. The maximum atomic E-state index is 12.8. The first-order valence-corrected chi connectivity index (χ1v) is 11.9. The average Bonchev–Trinajstić information content (AvgIpc) is 2.68. The Morgan fingerprint density at radius 2 is 1.90 bits per heavy atom. The van der Waals surface area contributed by atoms with Crippen LogP contribution < -0.4 is 5.32 Å². The van der Waals surface area contributed by atoms with Crippen molar-refractivity contribution in [3.05, 3.63) is 41.5 Å². The molecule has 0 aromatic heterocycles. The van der Waals surface area contributed by atoms with Crippen LogP contribution in [0.15, 0.2) is 40.8 Å². The van der Waals surface area contributed by atoms with Gasteiger partial charge >= 0.3 is 0 Å². The lowest BCUT2D eigenvalue weighted by Gasteiger charge is -2.48. The number of aliphatic hydroxyl groups excluding tert-OH is 1. The first-order valence-electron chi connectivity index (χ1n) is 10.5. The SMILES string of the molecule is Cc1ccc(S(=O)(=O)N2CCC(NC(=O)C(O)CC34CCC=C(C3)C4)CC2)cc1. The molecule has 3 aliphatic carbocycles. The predicted molar refractivity (Wildman–Crippen MR) is 111 cm³/mol. The summed E-state index contributed by atoms with van der Waals surface area (Å²) in [5.74, 6) is -0.317. The second-order valence-corrected chi connectivity index (χ2v) is 10.9. The second-order valence-electron chi connectivity index (χ2n) is 8.97. The van der Waals surface area contributed by atoms with Crippen LogP contribution in [0.4, 0.5) is 0 Å². The zero-order valence-electron chi connectivity index (χ0n) is 16.9. The molecule has 4 aliphatic rings. The van der Waals surface area contributed by atoms with Crippen molar-refractivity contribution in [2.45, 2.75) is 68.9 Å². The van der Waals surface area contributed by atoms with Gasteiger partial charge < -0.3 is 10.4 Å². The molecule has 0 spiro atoms.